The number of ether oxygens (including phenoxy) is 1. The number of benzene rings is 1. The van der Waals surface area contributed by atoms with E-state index >= 15 is 0 Å². The van der Waals surface area contributed by atoms with Crippen molar-refractivity contribution in [2.24, 2.45) is 10.4 Å². The van der Waals surface area contributed by atoms with E-state index in [0.717, 1.165) is 11.3 Å². The van der Waals surface area contributed by atoms with Gasteiger partial charge in [0.1, 0.15) is 0 Å². The second-order valence-corrected chi connectivity index (χ2v) is 6.24. The van der Waals surface area contributed by atoms with Crippen LogP contribution in [0.3, 0.4) is 0 Å². The lowest BCUT2D eigenvalue weighted by molar-refractivity contribution is 0.149. The fourth-order valence-corrected chi connectivity index (χ4v) is 3.21. The van der Waals surface area contributed by atoms with Crippen LogP contribution in [0.4, 0.5) is 0 Å². The van der Waals surface area contributed by atoms with Crippen LogP contribution in [0.15, 0.2) is 53.6 Å². The summed E-state index contributed by atoms with van der Waals surface area (Å²) >= 11 is 0. The normalized spacial score (nSPS) is 32.4. The quantitative estimate of drug-likeness (QED) is 0.574. The smallest absolute Gasteiger partial charge is 0.0968 e. The van der Waals surface area contributed by atoms with Crippen LogP contribution in [-0.4, -0.2) is 24.5 Å². The molecule has 112 valence electrons. The van der Waals surface area contributed by atoms with E-state index in [-0.39, 0.29) is 17.1 Å². The van der Waals surface area contributed by atoms with Gasteiger partial charge in [-0.25, -0.2) is 0 Å². The van der Waals surface area contributed by atoms with Crippen molar-refractivity contribution in [3.05, 3.63) is 54.1 Å². The van der Waals surface area contributed by atoms with Gasteiger partial charge in [0.05, 0.1) is 11.6 Å². The Balaban J connectivity index is 2.19. The van der Waals surface area contributed by atoms with Crippen LogP contribution < -0.4 is 0 Å². The van der Waals surface area contributed by atoms with E-state index < -0.39 is 0 Å². The molecule has 0 spiro atoms. The van der Waals surface area contributed by atoms with Crippen molar-refractivity contribution in [1.29, 1.82) is 0 Å². The number of rotatable bonds is 5. The van der Waals surface area contributed by atoms with E-state index in [9.17, 15) is 0 Å². The first-order chi connectivity index (χ1) is 9.86. The highest BCUT2D eigenvalue weighted by Gasteiger charge is 2.73. The minimum Gasteiger partial charge on any atom is -0.378 e. The molecule has 0 N–H and O–H groups in total. The van der Waals surface area contributed by atoms with Gasteiger partial charge in [0.2, 0.25) is 0 Å². The van der Waals surface area contributed by atoms with Gasteiger partial charge in [-0.3, -0.25) is 4.99 Å². The first-order valence-electron chi connectivity index (χ1n) is 7.34. The van der Waals surface area contributed by atoms with Crippen LogP contribution in [0.25, 0.3) is 6.08 Å². The molecular formula is C19H25NO. The first kappa shape index (κ1) is 15.7. The van der Waals surface area contributed by atoms with E-state index in [4.69, 9.17) is 9.73 Å². The molecule has 21 heavy (non-hydrogen) atoms. The second-order valence-electron chi connectivity index (χ2n) is 6.24. The molecule has 1 aromatic rings. The van der Waals surface area contributed by atoms with E-state index in [0.29, 0.717) is 0 Å². The van der Waals surface area contributed by atoms with Gasteiger partial charge in [-0.2, -0.15) is 0 Å². The summed E-state index contributed by atoms with van der Waals surface area (Å²) in [7, 11) is 1.75. The van der Waals surface area contributed by atoms with Crippen molar-refractivity contribution in [3.8, 4) is 0 Å². The maximum atomic E-state index is 5.63. The molecule has 1 aliphatic carbocycles. The third-order valence-electron chi connectivity index (χ3n) is 4.85. The van der Waals surface area contributed by atoms with Crippen molar-refractivity contribution in [2.75, 3.05) is 7.11 Å². The largest absolute Gasteiger partial charge is 0.378 e. The zero-order chi connectivity index (χ0) is 15.7. The van der Waals surface area contributed by atoms with Gasteiger partial charge in [-0.15, -0.1) is 0 Å². The summed E-state index contributed by atoms with van der Waals surface area (Å²) in [6, 6.07) is 10.3. The van der Waals surface area contributed by atoms with Crippen molar-refractivity contribution in [2.45, 2.75) is 39.3 Å². The third kappa shape index (κ3) is 2.60. The Morgan fingerprint density at radius 2 is 1.86 bits per heavy atom. The number of aliphatic imine (C=N–C) groups is 1. The molecule has 0 saturated heterocycles. The van der Waals surface area contributed by atoms with Crippen LogP contribution >= 0.6 is 0 Å². The lowest BCUT2D eigenvalue weighted by atomic mass is 9.95. The fraction of sp³-hybridized carbons (Fsp3) is 0.421. The maximum Gasteiger partial charge on any atom is 0.0968 e. The Hall–Kier alpha value is -1.67. The highest BCUT2D eigenvalue weighted by molar-refractivity contribution is 5.97. The average Bonchev–Trinajstić information content (AvgIpc) is 2.94. The maximum absolute atomic E-state index is 5.63. The molecule has 0 bridgehead atoms. The van der Waals surface area contributed by atoms with Crippen molar-refractivity contribution in [1.82, 2.24) is 0 Å². The SMILES string of the molecule is C=C(C)C1(C)C(OC)C1(C)/N=C(C)\C=C\c1ccccc1. The van der Waals surface area contributed by atoms with Crippen LogP contribution in [-0.2, 0) is 4.74 Å². The Morgan fingerprint density at radius 1 is 1.24 bits per heavy atom. The Labute approximate surface area is 128 Å². The number of methoxy groups -OCH3 is 1. The minimum absolute atomic E-state index is 0.0798. The van der Waals surface area contributed by atoms with Gasteiger partial charge in [0.15, 0.2) is 0 Å². The monoisotopic (exact) mass is 283 g/mol. The molecule has 0 radical (unpaired) electrons. The molecule has 3 unspecified atom stereocenters. The number of hydrogen-bond acceptors (Lipinski definition) is 2. The number of nitrogens with zero attached hydrogens (tertiary/aromatic N) is 1. The summed E-state index contributed by atoms with van der Waals surface area (Å²) in [5, 5.41) is 0. The topological polar surface area (TPSA) is 21.6 Å². The fourth-order valence-electron chi connectivity index (χ4n) is 3.21. The summed E-state index contributed by atoms with van der Waals surface area (Å²) in [6.07, 6.45) is 4.25. The molecule has 1 aliphatic rings. The van der Waals surface area contributed by atoms with Crippen LogP contribution in [0, 0.1) is 5.41 Å². The first-order valence-corrected chi connectivity index (χ1v) is 7.34. The van der Waals surface area contributed by atoms with Gasteiger partial charge in [-0.1, -0.05) is 55.5 Å². The summed E-state index contributed by atoms with van der Waals surface area (Å²) in [5.74, 6) is 0. The van der Waals surface area contributed by atoms with E-state index in [1.54, 1.807) is 7.11 Å². The lowest BCUT2D eigenvalue weighted by Gasteiger charge is -2.14. The highest BCUT2D eigenvalue weighted by atomic mass is 16.5. The predicted octanol–water partition coefficient (Wildman–Crippen LogP) is 4.53. The highest BCUT2D eigenvalue weighted by Crippen LogP contribution is 2.64. The molecule has 1 fully saturated rings. The van der Waals surface area contributed by atoms with Gasteiger partial charge >= 0.3 is 0 Å². The van der Waals surface area contributed by atoms with Crippen molar-refractivity contribution < 1.29 is 4.74 Å². The van der Waals surface area contributed by atoms with E-state index in [1.807, 2.05) is 25.1 Å². The molecule has 2 heteroatoms. The average molecular weight is 283 g/mol. The summed E-state index contributed by atoms with van der Waals surface area (Å²) in [4.78, 5) is 4.91. The van der Waals surface area contributed by atoms with Gasteiger partial charge in [0, 0.05) is 18.2 Å². The van der Waals surface area contributed by atoms with Crippen LogP contribution in [0.2, 0.25) is 0 Å². The van der Waals surface area contributed by atoms with E-state index in [1.165, 1.54) is 5.56 Å². The molecular weight excluding hydrogens is 258 g/mol. The molecule has 2 rings (SSSR count). The molecule has 0 aromatic heterocycles. The molecule has 1 aromatic carbocycles. The Bertz CT molecular complexity index is 587. The molecule has 0 amide bonds. The van der Waals surface area contributed by atoms with Gasteiger partial charge in [-0.05, 0) is 32.4 Å². The number of allylic oxidation sites excluding steroid dienone is 1. The van der Waals surface area contributed by atoms with Crippen LogP contribution in [0.5, 0.6) is 0 Å². The summed E-state index contributed by atoms with van der Waals surface area (Å²) in [5.41, 5.74) is 3.01. The zero-order valence-electron chi connectivity index (χ0n) is 13.7. The number of hydrogen-bond donors (Lipinski definition) is 0. The molecule has 0 heterocycles. The van der Waals surface area contributed by atoms with E-state index in [2.05, 4.69) is 51.6 Å². The molecule has 3 atom stereocenters. The molecule has 0 aliphatic heterocycles. The Kier molecular flexibility index (Phi) is 4.20. The Morgan fingerprint density at radius 3 is 2.33 bits per heavy atom. The summed E-state index contributed by atoms with van der Waals surface area (Å²) < 4.78 is 5.63. The van der Waals surface area contributed by atoms with Crippen LogP contribution in [0.1, 0.15) is 33.3 Å². The molecule has 1 saturated carbocycles. The second kappa shape index (κ2) is 5.61. The standard InChI is InChI=1S/C19H25NO/c1-14(2)18(4)17(21-6)19(18,5)20-15(3)12-13-16-10-8-7-9-11-16/h7-13,17H,1H2,2-6H3/b13-12+,20-15-. The zero-order valence-corrected chi connectivity index (χ0v) is 13.7. The lowest BCUT2D eigenvalue weighted by Crippen LogP contribution is -2.14. The van der Waals surface area contributed by atoms with Crippen molar-refractivity contribution in [3.63, 3.8) is 0 Å². The predicted molar refractivity (Wildman–Crippen MR) is 90.7 cm³/mol. The molecule has 2 nitrogen and oxygen atoms in total. The van der Waals surface area contributed by atoms with Crippen molar-refractivity contribution >= 4 is 11.8 Å². The minimum atomic E-state index is -0.224. The van der Waals surface area contributed by atoms with Gasteiger partial charge in [0.25, 0.3) is 0 Å². The third-order valence-corrected chi connectivity index (χ3v) is 4.85. The summed E-state index contributed by atoms with van der Waals surface area (Å²) in [6.45, 7) is 12.5. The van der Waals surface area contributed by atoms with Gasteiger partial charge < -0.3 is 4.74 Å².